The first-order valence-corrected chi connectivity index (χ1v) is 17.9. The number of nitrogens with zero attached hydrogens (tertiary/aromatic N) is 3. The molecule has 0 bridgehead atoms. The van der Waals surface area contributed by atoms with E-state index in [2.05, 4.69) is 150 Å². The third-order valence-corrected chi connectivity index (χ3v) is 10.8. The van der Waals surface area contributed by atoms with Crippen molar-refractivity contribution >= 4 is 71.4 Å². The minimum absolute atomic E-state index is 0.524. The number of rotatable bonds is 8. The lowest BCUT2D eigenvalue weighted by Crippen LogP contribution is -2.00. The Balaban J connectivity index is 1.19. The van der Waals surface area contributed by atoms with Crippen LogP contribution < -0.4 is 0 Å². The standard InChI is InChI=1S/C47H33N3S/c1-48-42(33-16-4-2-5-17-33)30-43(34-18-6-3-7-19-34)49-31-32-15-14-20-35(27-32)40-28-36(29-41-39-23-10-13-26-46(39)51-47(40)41)50-44-24-11-8-21-37(44)38-22-9-12-25-45(38)50/h2-30H,1,31H2/b42-30-,49-43?. The van der Waals surface area contributed by atoms with E-state index in [4.69, 9.17) is 4.99 Å². The molecule has 9 aromatic rings. The third kappa shape index (κ3) is 5.66. The van der Waals surface area contributed by atoms with E-state index in [9.17, 15) is 0 Å². The van der Waals surface area contributed by atoms with Crippen molar-refractivity contribution in [3.05, 3.63) is 193 Å². The Morgan fingerprint density at radius 1 is 0.588 bits per heavy atom. The summed E-state index contributed by atoms with van der Waals surface area (Å²) in [6, 6.07) is 60.2. The zero-order chi connectivity index (χ0) is 34.1. The minimum Gasteiger partial charge on any atom is -0.309 e. The van der Waals surface area contributed by atoms with Gasteiger partial charge < -0.3 is 4.57 Å². The van der Waals surface area contributed by atoms with Crippen LogP contribution in [0.4, 0.5) is 0 Å². The predicted octanol–water partition coefficient (Wildman–Crippen LogP) is 12.5. The molecule has 0 spiro atoms. The van der Waals surface area contributed by atoms with E-state index < -0.39 is 0 Å². The van der Waals surface area contributed by atoms with E-state index in [0.29, 0.717) is 6.54 Å². The van der Waals surface area contributed by atoms with Crippen molar-refractivity contribution in [2.24, 2.45) is 9.98 Å². The monoisotopic (exact) mass is 671 g/mol. The molecule has 0 aliphatic rings. The summed E-state index contributed by atoms with van der Waals surface area (Å²) in [6.07, 6.45) is 2.04. The molecule has 3 nitrogen and oxygen atoms in total. The Labute approximate surface area is 300 Å². The van der Waals surface area contributed by atoms with Gasteiger partial charge in [0.15, 0.2) is 0 Å². The fraction of sp³-hybridized carbons (Fsp3) is 0.0213. The SMILES string of the molecule is C=N/C(=C\C(=NCc1cccc(-c2cc(-n3c4ccccc4c4ccccc43)cc3c2sc2ccccc23)c1)c1ccccc1)c1ccccc1. The second-order valence-electron chi connectivity index (χ2n) is 12.7. The molecule has 0 amide bonds. The van der Waals surface area contributed by atoms with Crippen molar-refractivity contribution in [3.63, 3.8) is 0 Å². The van der Waals surface area contributed by atoms with Crippen LogP contribution in [0.5, 0.6) is 0 Å². The Morgan fingerprint density at radius 3 is 1.92 bits per heavy atom. The van der Waals surface area contributed by atoms with Gasteiger partial charge in [0.1, 0.15) is 0 Å². The molecule has 9 rings (SSSR count). The number of hydrogen-bond donors (Lipinski definition) is 0. The van der Waals surface area contributed by atoms with Gasteiger partial charge in [-0.25, -0.2) is 0 Å². The molecular formula is C47H33N3S. The highest BCUT2D eigenvalue weighted by molar-refractivity contribution is 7.26. The zero-order valence-electron chi connectivity index (χ0n) is 27.9. The molecule has 0 saturated carbocycles. The van der Waals surface area contributed by atoms with Crippen molar-refractivity contribution in [1.29, 1.82) is 0 Å². The van der Waals surface area contributed by atoms with Crippen LogP contribution in [0.2, 0.25) is 0 Å². The zero-order valence-corrected chi connectivity index (χ0v) is 28.7. The molecule has 4 heteroatoms. The van der Waals surface area contributed by atoms with Gasteiger partial charge in [0.2, 0.25) is 0 Å². The molecule has 0 N–H and O–H groups in total. The normalized spacial score (nSPS) is 12.3. The number of hydrogen-bond acceptors (Lipinski definition) is 3. The Hall–Kier alpha value is -6.36. The van der Waals surface area contributed by atoms with Gasteiger partial charge in [-0.1, -0.05) is 133 Å². The molecule has 0 atom stereocenters. The van der Waals surface area contributed by atoms with Crippen molar-refractivity contribution in [3.8, 4) is 16.8 Å². The molecule has 0 radical (unpaired) electrons. The lowest BCUT2D eigenvalue weighted by atomic mass is 9.99. The summed E-state index contributed by atoms with van der Waals surface area (Å²) in [5.74, 6) is 0. The first-order valence-electron chi connectivity index (χ1n) is 17.1. The number of para-hydroxylation sites is 2. The molecule has 0 unspecified atom stereocenters. The summed E-state index contributed by atoms with van der Waals surface area (Å²) in [5.41, 5.74) is 10.8. The second-order valence-corrected chi connectivity index (χ2v) is 13.7. The number of thiophene rings is 1. The van der Waals surface area contributed by atoms with E-state index in [1.165, 1.54) is 53.1 Å². The molecule has 0 aliphatic heterocycles. The van der Waals surface area contributed by atoms with Crippen LogP contribution in [0.15, 0.2) is 186 Å². The van der Waals surface area contributed by atoms with Gasteiger partial charge >= 0.3 is 0 Å². The maximum absolute atomic E-state index is 5.19. The van der Waals surface area contributed by atoms with E-state index in [1.807, 2.05) is 53.8 Å². The van der Waals surface area contributed by atoms with Crippen LogP contribution in [0.1, 0.15) is 16.7 Å². The molecule has 0 fully saturated rings. The van der Waals surface area contributed by atoms with Gasteiger partial charge in [-0.15, -0.1) is 11.3 Å². The number of aromatic nitrogens is 1. The first kappa shape index (κ1) is 30.7. The van der Waals surface area contributed by atoms with Crippen molar-refractivity contribution in [2.45, 2.75) is 6.54 Å². The van der Waals surface area contributed by atoms with Crippen LogP contribution in [0.25, 0.3) is 64.5 Å². The summed E-state index contributed by atoms with van der Waals surface area (Å²) < 4.78 is 5.00. The van der Waals surface area contributed by atoms with E-state index in [1.54, 1.807) is 0 Å². The van der Waals surface area contributed by atoms with E-state index >= 15 is 0 Å². The van der Waals surface area contributed by atoms with E-state index in [0.717, 1.165) is 33.8 Å². The summed E-state index contributed by atoms with van der Waals surface area (Å²) in [4.78, 5) is 9.56. The highest BCUT2D eigenvalue weighted by atomic mass is 32.1. The van der Waals surface area contributed by atoms with Gasteiger partial charge in [0.05, 0.1) is 29.0 Å². The Kier molecular flexibility index (Phi) is 7.92. The molecule has 0 aliphatic carbocycles. The van der Waals surface area contributed by atoms with Crippen LogP contribution in [0, 0.1) is 0 Å². The third-order valence-electron chi connectivity index (χ3n) is 9.55. The second kappa shape index (κ2) is 13.2. The van der Waals surface area contributed by atoms with Gasteiger partial charge in [-0.2, -0.15) is 0 Å². The fourth-order valence-electron chi connectivity index (χ4n) is 7.16. The first-order chi connectivity index (χ1) is 25.2. The lowest BCUT2D eigenvalue weighted by Gasteiger charge is -2.13. The maximum Gasteiger partial charge on any atom is 0.0716 e. The molecule has 7 aromatic carbocycles. The number of benzene rings is 7. The largest absolute Gasteiger partial charge is 0.309 e. The van der Waals surface area contributed by atoms with Crippen LogP contribution >= 0.6 is 11.3 Å². The van der Waals surface area contributed by atoms with Crippen molar-refractivity contribution < 1.29 is 0 Å². The molecule has 2 heterocycles. The average Bonchev–Trinajstić information content (AvgIpc) is 3.74. The summed E-state index contributed by atoms with van der Waals surface area (Å²) in [5, 5.41) is 5.08. The number of allylic oxidation sites excluding steroid dienone is 1. The Morgan fingerprint density at radius 2 is 1.22 bits per heavy atom. The summed E-state index contributed by atoms with van der Waals surface area (Å²) in [7, 11) is 0. The van der Waals surface area contributed by atoms with Gasteiger partial charge in [-0.05, 0) is 65.9 Å². The Bertz CT molecular complexity index is 2730. The quantitative estimate of drug-likeness (QED) is 0.144. The molecule has 2 aromatic heterocycles. The van der Waals surface area contributed by atoms with Crippen molar-refractivity contribution in [2.75, 3.05) is 0 Å². The van der Waals surface area contributed by atoms with E-state index in [-0.39, 0.29) is 0 Å². The van der Waals surface area contributed by atoms with Gasteiger partial charge in [-0.3, -0.25) is 9.98 Å². The van der Waals surface area contributed by atoms with Crippen LogP contribution in [0.3, 0.4) is 0 Å². The lowest BCUT2D eigenvalue weighted by molar-refractivity contribution is 1.07. The highest BCUT2D eigenvalue weighted by Gasteiger charge is 2.17. The smallest absolute Gasteiger partial charge is 0.0716 e. The summed E-state index contributed by atoms with van der Waals surface area (Å²) in [6.45, 7) is 4.40. The fourth-order valence-corrected chi connectivity index (χ4v) is 8.38. The molecule has 242 valence electrons. The number of aliphatic imine (C=N–C) groups is 2. The average molecular weight is 672 g/mol. The van der Waals surface area contributed by atoms with Crippen LogP contribution in [-0.4, -0.2) is 17.0 Å². The highest BCUT2D eigenvalue weighted by Crippen LogP contribution is 2.43. The molecule has 51 heavy (non-hydrogen) atoms. The van der Waals surface area contributed by atoms with Gasteiger partial charge in [0, 0.05) is 47.8 Å². The number of fused-ring (bicyclic) bond motifs is 6. The van der Waals surface area contributed by atoms with Gasteiger partial charge in [0.25, 0.3) is 0 Å². The van der Waals surface area contributed by atoms with Crippen LogP contribution in [-0.2, 0) is 6.54 Å². The topological polar surface area (TPSA) is 29.6 Å². The maximum atomic E-state index is 5.19. The molecular weight excluding hydrogens is 639 g/mol. The minimum atomic E-state index is 0.524. The summed E-state index contributed by atoms with van der Waals surface area (Å²) >= 11 is 1.86. The molecule has 0 saturated heterocycles. The predicted molar refractivity (Wildman–Crippen MR) is 220 cm³/mol. The van der Waals surface area contributed by atoms with Crippen molar-refractivity contribution in [1.82, 2.24) is 4.57 Å².